The minimum absolute atomic E-state index is 0.0405. The smallest absolute Gasteiger partial charge is 0.238 e. The van der Waals surface area contributed by atoms with Crippen LogP contribution in [0.3, 0.4) is 0 Å². The highest BCUT2D eigenvalue weighted by Crippen LogP contribution is 1.93. The van der Waals surface area contributed by atoms with Gasteiger partial charge in [0.05, 0.1) is 10.8 Å². The van der Waals surface area contributed by atoms with E-state index in [1.807, 2.05) is 0 Å². The van der Waals surface area contributed by atoms with Crippen LogP contribution in [0.4, 0.5) is 0 Å². The van der Waals surface area contributed by atoms with Crippen LogP contribution in [0.2, 0.25) is 0 Å². The molecule has 0 bridgehead atoms. The Labute approximate surface area is 53.9 Å². The molecule has 0 saturated carbocycles. The van der Waals surface area contributed by atoms with E-state index in [0.717, 1.165) is 0 Å². The van der Waals surface area contributed by atoms with Crippen LogP contribution in [-0.2, 0) is 15.6 Å². The van der Waals surface area contributed by atoms with Crippen LogP contribution in [-0.4, -0.2) is 20.2 Å². The summed E-state index contributed by atoms with van der Waals surface area (Å²) in [4.78, 5) is 10.3. The molecule has 1 N–H and O–H groups in total. The van der Waals surface area contributed by atoms with E-state index in [1.54, 1.807) is 0 Å². The van der Waals surface area contributed by atoms with Gasteiger partial charge in [-0.1, -0.05) is 0 Å². The second-order valence-corrected chi connectivity index (χ2v) is 3.38. The zero-order valence-corrected chi connectivity index (χ0v) is 5.47. The highest BCUT2D eigenvalue weighted by atomic mass is 32.2. The quantitative estimate of drug-likeness (QED) is 0.456. The standard InChI is InChI=1S/C3H3NO2S2/c5-2-1-8(6)3(7)4-2/h1H2,(H,4,5,7). The molecular weight excluding hydrogens is 146 g/mol. The summed E-state index contributed by atoms with van der Waals surface area (Å²) in [5, 5.41) is 2.26. The molecule has 0 aromatic heterocycles. The molecule has 5 heteroatoms. The molecule has 1 aliphatic heterocycles. The first-order valence-electron chi connectivity index (χ1n) is 1.92. The average molecular weight is 149 g/mol. The van der Waals surface area contributed by atoms with Gasteiger partial charge in [-0.3, -0.25) is 9.00 Å². The van der Waals surface area contributed by atoms with Crippen molar-refractivity contribution in [3.8, 4) is 0 Å². The molecule has 0 aromatic rings. The van der Waals surface area contributed by atoms with Crippen LogP contribution in [0.15, 0.2) is 0 Å². The minimum Gasteiger partial charge on any atom is -0.309 e. The molecule has 1 rings (SSSR count). The summed E-state index contributed by atoms with van der Waals surface area (Å²) in [5.41, 5.74) is 0. The van der Waals surface area contributed by atoms with Gasteiger partial charge in [-0.25, -0.2) is 0 Å². The maximum atomic E-state index is 10.5. The predicted molar refractivity (Wildman–Crippen MR) is 33.8 cm³/mol. The number of carbonyl (C=O) groups excluding carboxylic acids is 1. The van der Waals surface area contributed by atoms with E-state index in [-0.39, 0.29) is 16.0 Å². The molecule has 1 saturated heterocycles. The number of hydrogen-bond acceptors (Lipinski definition) is 3. The first-order valence-corrected chi connectivity index (χ1v) is 3.65. The minimum atomic E-state index is -1.23. The molecule has 1 fully saturated rings. The van der Waals surface area contributed by atoms with Crippen molar-refractivity contribution >= 4 is 33.2 Å². The van der Waals surface area contributed by atoms with E-state index in [1.165, 1.54) is 0 Å². The van der Waals surface area contributed by atoms with Crippen LogP contribution in [0.25, 0.3) is 0 Å². The molecule has 1 heterocycles. The number of amides is 1. The van der Waals surface area contributed by atoms with Gasteiger partial charge < -0.3 is 5.32 Å². The third-order valence-corrected chi connectivity index (χ3v) is 2.41. The van der Waals surface area contributed by atoms with Gasteiger partial charge in [0.15, 0.2) is 4.32 Å². The number of nitrogens with one attached hydrogen (secondary N) is 1. The van der Waals surface area contributed by atoms with Gasteiger partial charge >= 0.3 is 0 Å². The van der Waals surface area contributed by atoms with Crippen molar-refractivity contribution in [1.82, 2.24) is 5.32 Å². The van der Waals surface area contributed by atoms with Crippen LogP contribution in [0.5, 0.6) is 0 Å². The van der Waals surface area contributed by atoms with Gasteiger partial charge in [0.1, 0.15) is 5.75 Å². The molecule has 1 amide bonds. The van der Waals surface area contributed by atoms with Crippen molar-refractivity contribution in [1.29, 1.82) is 0 Å². The van der Waals surface area contributed by atoms with Gasteiger partial charge in [-0.2, -0.15) is 0 Å². The zero-order chi connectivity index (χ0) is 6.15. The third-order valence-electron chi connectivity index (χ3n) is 0.710. The van der Waals surface area contributed by atoms with Crippen LogP contribution < -0.4 is 5.32 Å². The van der Waals surface area contributed by atoms with Crippen LogP contribution in [0, 0.1) is 0 Å². The second-order valence-electron chi connectivity index (χ2n) is 1.33. The molecule has 0 spiro atoms. The van der Waals surface area contributed by atoms with Crippen molar-refractivity contribution < 1.29 is 9.00 Å². The van der Waals surface area contributed by atoms with Crippen molar-refractivity contribution in [2.75, 3.05) is 5.75 Å². The highest BCUT2D eigenvalue weighted by Gasteiger charge is 2.21. The Morgan fingerprint density at radius 1 is 1.75 bits per heavy atom. The molecule has 1 aliphatic rings. The molecular formula is C3H3NO2S2. The van der Waals surface area contributed by atoms with E-state index in [9.17, 15) is 9.00 Å². The summed E-state index contributed by atoms with van der Waals surface area (Å²) in [5.74, 6) is -0.202. The lowest BCUT2D eigenvalue weighted by molar-refractivity contribution is -0.116. The molecule has 3 nitrogen and oxygen atoms in total. The predicted octanol–water partition coefficient (Wildman–Crippen LogP) is -0.850. The summed E-state index contributed by atoms with van der Waals surface area (Å²) in [7, 11) is -1.23. The number of rotatable bonds is 0. The largest absolute Gasteiger partial charge is 0.309 e. The maximum Gasteiger partial charge on any atom is 0.238 e. The van der Waals surface area contributed by atoms with E-state index >= 15 is 0 Å². The SMILES string of the molecule is O=C1CS(=O)C(=S)N1. The summed E-state index contributed by atoms with van der Waals surface area (Å²) in [6, 6.07) is 0. The van der Waals surface area contributed by atoms with Crippen molar-refractivity contribution in [2.45, 2.75) is 0 Å². The van der Waals surface area contributed by atoms with Crippen molar-refractivity contribution in [2.24, 2.45) is 0 Å². The summed E-state index contributed by atoms with van der Waals surface area (Å²) in [6.07, 6.45) is 0. The van der Waals surface area contributed by atoms with Crippen molar-refractivity contribution in [3.63, 3.8) is 0 Å². The number of hydrogen-bond donors (Lipinski definition) is 1. The Balaban J connectivity index is 2.79. The highest BCUT2D eigenvalue weighted by molar-refractivity contribution is 8.14. The van der Waals surface area contributed by atoms with E-state index in [4.69, 9.17) is 0 Å². The van der Waals surface area contributed by atoms with Crippen molar-refractivity contribution in [3.05, 3.63) is 0 Å². The normalized spacial score (nSPS) is 28.2. The topological polar surface area (TPSA) is 46.2 Å². The molecule has 0 aromatic carbocycles. The lowest BCUT2D eigenvalue weighted by atomic mass is 10.7. The van der Waals surface area contributed by atoms with Crippen LogP contribution in [0.1, 0.15) is 0 Å². The molecule has 8 heavy (non-hydrogen) atoms. The fraction of sp³-hybridized carbons (Fsp3) is 0.333. The summed E-state index contributed by atoms with van der Waals surface area (Å²) < 4.78 is 10.6. The van der Waals surface area contributed by atoms with Gasteiger partial charge in [0.2, 0.25) is 5.91 Å². The molecule has 0 aliphatic carbocycles. The Bertz CT molecular complexity index is 158. The Kier molecular flexibility index (Phi) is 1.39. The molecule has 1 atom stereocenters. The van der Waals surface area contributed by atoms with Gasteiger partial charge in [-0.15, -0.1) is 0 Å². The monoisotopic (exact) mass is 149 g/mol. The van der Waals surface area contributed by atoms with Gasteiger partial charge in [0, 0.05) is 0 Å². The fourth-order valence-electron chi connectivity index (χ4n) is 0.391. The Morgan fingerprint density at radius 2 is 2.38 bits per heavy atom. The summed E-state index contributed by atoms with van der Waals surface area (Å²) in [6.45, 7) is 0. The maximum absolute atomic E-state index is 10.5. The molecule has 44 valence electrons. The second kappa shape index (κ2) is 1.91. The van der Waals surface area contributed by atoms with E-state index in [2.05, 4.69) is 17.5 Å². The molecule has 1 unspecified atom stereocenters. The van der Waals surface area contributed by atoms with E-state index in [0.29, 0.717) is 0 Å². The number of carbonyl (C=O) groups is 1. The Hall–Kier alpha value is -0.290. The first kappa shape index (κ1) is 5.84. The van der Waals surface area contributed by atoms with Gasteiger partial charge in [-0.05, 0) is 12.2 Å². The average Bonchev–Trinajstić information content (AvgIpc) is 1.85. The lowest BCUT2D eigenvalue weighted by Crippen LogP contribution is -2.18. The van der Waals surface area contributed by atoms with Gasteiger partial charge in [0.25, 0.3) is 0 Å². The Morgan fingerprint density at radius 3 is 2.50 bits per heavy atom. The first-order chi connectivity index (χ1) is 3.70. The van der Waals surface area contributed by atoms with Crippen LogP contribution >= 0.6 is 12.2 Å². The molecule has 0 radical (unpaired) electrons. The third kappa shape index (κ3) is 0.924. The fourth-order valence-corrected chi connectivity index (χ4v) is 1.35. The summed E-state index contributed by atoms with van der Waals surface area (Å²) >= 11 is 4.49. The number of thiocarbonyl (C=S) groups is 1. The zero-order valence-electron chi connectivity index (χ0n) is 3.84. The lowest BCUT2D eigenvalue weighted by Gasteiger charge is -1.82. The van der Waals surface area contributed by atoms with E-state index < -0.39 is 10.8 Å².